The van der Waals surface area contributed by atoms with E-state index in [1.165, 1.54) is 35.7 Å². The van der Waals surface area contributed by atoms with Gasteiger partial charge in [0.2, 0.25) is 0 Å². The largest absolute Gasteiger partial charge is 0.298 e. The van der Waals surface area contributed by atoms with Gasteiger partial charge in [0.25, 0.3) is 0 Å². The molecule has 0 bridgehead atoms. The van der Waals surface area contributed by atoms with Crippen molar-refractivity contribution in [3.63, 3.8) is 0 Å². The second-order valence-electron chi connectivity index (χ2n) is 4.27. The summed E-state index contributed by atoms with van der Waals surface area (Å²) in [7, 11) is 0. The maximum Gasteiger partial charge on any atom is 0.0328 e. The quantitative estimate of drug-likeness (QED) is 0.766. The topological polar surface area (TPSA) is 3.24 Å². The fourth-order valence-electron chi connectivity index (χ4n) is 2.10. The lowest BCUT2D eigenvalue weighted by Gasteiger charge is -2.13. The van der Waals surface area contributed by atoms with Crippen molar-refractivity contribution in [2.24, 2.45) is 5.92 Å². The molecule has 0 aromatic carbocycles. The Balaban J connectivity index is 1.87. The molecule has 1 aliphatic heterocycles. The highest BCUT2D eigenvalue weighted by Crippen LogP contribution is 2.23. The summed E-state index contributed by atoms with van der Waals surface area (Å²) in [6.45, 7) is 5.93. The van der Waals surface area contributed by atoms with Gasteiger partial charge in [-0.2, -0.15) is 0 Å². The van der Waals surface area contributed by atoms with Crippen molar-refractivity contribution >= 4 is 27.3 Å². The third kappa shape index (κ3) is 3.05. The van der Waals surface area contributed by atoms with Gasteiger partial charge in [-0.05, 0) is 37.4 Å². The molecule has 2 heterocycles. The van der Waals surface area contributed by atoms with Crippen LogP contribution in [-0.2, 0) is 13.0 Å². The molecule has 1 unspecified atom stereocenters. The average molecular weight is 288 g/mol. The molecule has 0 N–H and O–H groups in total. The number of alkyl halides is 1. The van der Waals surface area contributed by atoms with E-state index in [9.17, 15) is 0 Å². The molecule has 15 heavy (non-hydrogen) atoms. The summed E-state index contributed by atoms with van der Waals surface area (Å²) in [5.74, 6) is 0.871. The Kier molecular flexibility index (Phi) is 4.23. The number of aryl methyl sites for hydroxylation is 1. The maximum atomic E-state index is 3.58. The van der Waals surface area contributed by atoms with Gasteiger partial charge < -0.3 is 0 Å². The number of hydrogen-bond donors (Lipinski definition) is 0. The Hall–Kier alpha value is 0.140. The zero-order chi connectivity index (χ0) is 10.7. The van der Waals surface area contributed by atoms with E-state index in [0.29, 0.717) is 0 Å². The van der Waals surface area contributed by atoms with Crippen LogP contribution in [0.15, 0.2) is 12.1 Å². The van der Waals surface area contributed by atoms with Crippen LogP contribution >= 0.6 is 27.3 Å². The predicted molar refractivity (Wildman–Crippen MR) is 70.9 cm³/mol. The van der Waals surface area contributed by atoms with E-state index in [-0.39, 0.29) is 0 Å². The van der Waals surface area contributed by atoms with E-state index >= 15 is 0 Å². The van der Waals surface area contributed by atoms with Gasteiger partial charge in [0.15, 0.2) is 0 Å². The zero-order valence-corrected chi connectivity index (χ0v) is 11.6. The van der Waals surface area contributed by atoms with Crippen LogP contribution in [0.2, 0.25) is 0 Å². The number of rotatable bonds is 4. The molecule has 1 aliphatic rings. The molecule has 3 heteroatoms. The molecule has 1 fully saturated rings. The van der Waals surface area contributed by atoms with Gasteiger partial charge in [0.1, 0.15) is 0 Å². The Bertz CT molecular complexity index is 310. The van der Waals surface area contributed by atoms with Gasteiger partial charge in [0, 0.05) is 28.2 Å². The number of halogens is 1. The van der Waals surface area contributed by atoms with Crippen molar-refractivity contribution < 1.29 is 0 Å². The van der Waals surface area contributed by atoms with E-state index in [1.807, 2.05) is 11.3 Å². The van der Waals surface area contributed by atoms with Gasteiger partial charge in [-0.25, -0.2) is 0 Å². The normalized spacial score (nSPS) is 22.4. The summed E-state index contributed by atoms with van der Waals surface area (Å²) in [5, 5.41) is 1.16. The molecule has 1 aromatic heterocycles. The molecule has 0 spiro atoms. The lowest BCUT2D eigenvalue weighted by molar-refractivity contribution is 0.324. The molecule has 84 valence electrons. The molecule has 0 amide bonds. The van der Waals surface area contributed by atoms with Crippen molar-refractivity contribution in [1.82, 2.24) is 4.90 Å². The SMILES string of the molecule is CCc1ccc(CN2CCC(CBr)C2)s1. The Labute approximate surface area is 105 Å². The van der Waals surface area contributed by atoms with E-state index in [4.69, 9.17) is 0 Å². The molecule has 2 rings (SSSR count). The second kappa shape index (κ2) is 5.46. The third-order valence-electron chi connectivity index (χ3n) is 3.03. The summed E-state index contributed by atoms with van der Waals surface area (Å²) in [4.78, 5) is 5.63. The minimum absolute atomic E-state index is 0.871. The highest BCUT2D eigenvalue weighted by Gasteiger charge is 2.21. The standard InChI is InChI=1S/C12H18BrNS/c1-2-11-3-4-12(15-11)9-14-6-5-10(7-13)8-14/h3-4,10H,2,5-9H2,1H3. The van der Waals surface area contributed by atoms with Crippen LogP contribution in [0.3, 0.4) is 0 Å². The highest BCUT2D eigenvalue weighted by atomic mass is 79.9. The molecule has 0 saturated carbocycles. The van der Waals surface area contributed by atoms with E-state index in [1.54, 1.807) is 0 Å². The Morgan fingerprint density at radius 3 is 2.87 bits per heavy atom. The smallest absolute Gasteiger partial charge is 0.0328 e. The average Bonchev–Trinajstić information content (AvgIpc) is 2.87. The molecule has 1 aromatic rings. The highest BCUT2D eigenvalue weighted by molar-refractivity contribution is 9.09. The molecule has 0 radical (unpaired) electrons. The third-order valence-corrected chi connectivity index (χ3v) is 5.16. The van der Waals surface area contributed by atoms with Crippen molar-refractivity contribution in [3.05, 3.63) is 21.9 Å². The molecular formula is C12H18BrNS. The van der Waals surface area contributed by atoms with Crippen LogP contribution in [0.5, 0.6) is 0 Å². The fourth-order valence-corrected chi connectivity index (χ4v) is 3.63. The molecule has 0 aliphatic carbocycles. The summed E-state index contributed by atoms with van der Waals surface area (Å²) in [6.07, 6.45) is 2.53. The van der Waals surface area contributed by atoms with Gasteiger partial charge in [-0.1, -0.05) is 22.9 Å². The van der Waals surface area contributed by atoms with Crippen LogP contribution in [0.25, 0.3) is 0 Å². The maximum absolute atomic E-state index is 3.58. The van der Waals surface area contributed by atoms with Crippen molar-refractivity contribution in [2.45, 2.75) is 26.3 Å². The molecule has 1 saturated heterocycles. The minimum atomic E-state index is 0.871. The summed E-state index contributed by atoms with van der Waals surface area (Å²) in [6, 6.07) is 4.57. The first-order valence-corrected chi connectivity index (χ1v) is 7.61. The van der Waals surface area contributed by atoms with Crippen LogP contribution in [-0.4, -0.2) is 23.3 Å². The van der Waals surface area contributed by atoms with Gasteiger partial charge in [-0.15, -0.1) is 11.3 Å². The number of nitrogens with zero attached hydrogens (tertiary/aromatic N) is 1. The minimum Gasteiger partial charge on any atom is -0.298 e. The van der Waals surface area contributed by atoms with Crippen LogP contribution in [0.1, 0.15) is 23.1 Å². The summed E-state index contributed by atoms with van der Waals surface area (Å²) in [5.41, 5.74) is 0. The van der Waals surface area contributed by atoms with E-state index in [0.717, 1.165) is 17.8 Å². The monoisotopic (exact) mass is 287 g/mol. The van der Waals surface area contributed by atoms with E-state index < -0.39 is 0 Å². The lowest BCUT2D eigenvalue weighted by atomic mass is 10.2. The number of likely N-dealkylation sites (tertiary alicyclic amines) is 1. The van der Waals surface area contributed by atoms with Crippen LogP contribution < -0.4 is 0 Å². The van der Waals surface area contributed by atoms with Crippen molar-refractivity contribution in [2.75, 3.05) is 18.4 Å². The van der Waals surface area contributed by atoms with Crippen molar-refractivity contribution in [1.29, 1.82) is 0 Å². The zero-order valence-electron chi connectivity index (χ0n) is 9.21. The van der Waals surface area contributed by atoms with Crippen molar-refractivity contribution in [3.8, 4) is 0 Å². The first-order valence-electron chi connectivity index (χ1n) is 5.67. The first kappa shape index (κ1) is 11.6. The first-order chi connectivity index (χ1) is 7.31. The Morgan fingerprint density at radius 1 is 1.47 bits per heavy atom. The second-order valence-corrected chi connectivity index (χ2v) is 6.17. The molecular weight excluding hydrogens is 270 g/mol. The van der Waals surface area contributed by atoms with Crippen LogP contribution in [0.4, 0.5) is 0 Å². The predicted octanol–water partition coefficient (Wildman–Crippen LogP) is 3.53. The van der Waals surface area contributed by atoms with Gasteiger partial charge in [-0.3, -0.25) is 4.90 Å². The van der Waals surface area contributed by atoms with E-state index in [2.05, 4.69) is 39.9 Å². The lowest BCUT2D eigenvalue weighted by Crippen LogP contribution is -2.19. The molecule has 1 atom stereocenters. The number of thiophene rings is 1. The summed E-state index contributed by atoms with van der Waals surface area (Å²) >= 11 is 5.56. The summed E-state index contributed by atoms with van der Waals surface area (Å²) < 4.78 is 0. The van der Waals surface area contributed by atoms with Gasteiger partial charge >= 0.3 is 0 Å². The molecule has 1 nitrogen and oxygen atoms in total. The van der Waals surface area contributed by atoms with Crippen LogP contribution in [0, 0.1) is 5.92 Å². The van der Waals surface area contributed by atoms with Gasteiger partial charge in [0.05, 0.1) is 0 Å². The Morgan fingerprint density at radius 2 is 2.27 bits per heavy atom. The fraction of sp³-hybridized carbons (Fsp3) is 0.667. The number of hydrogen-bond acceptors (Lipinski definition) is 2.